The summed E-state index contributed by atoms with van der Waals surface area (Å²) in [7, 11) is -1.13. The van der Waals surface area contributed by atoms with Crippen LogP contribution >= 0.6 is 11.6 Å². The highest BCUT2D eigenvalue weighted by atomic mass is 35.5. The number of aryl methyl sites for hydroxylation is 1. The average Bonchev–Trinajstić information content (AvgIpc) is 2.98. The molecule has 0 amide bonds. The van der Waals surface area contributed by atoms with E-state index in [1.165, 1.54) is 5.56 Å². The molecule has 1 aliphatic carbocycles. The first-order chi connectivity index (χ1) is 13.5. The molecule has 146 valence electrons. The van der Waals surface area contributed by atoms with Crippen LogP contribution in [-0.2, 0) is 28.6 Å². The zero-order valence-corrected chi connectivity index (χ0v) is 17.2. The number of para-hydroxylation sites is 1. The Bertz CT molecular complexity index is 1070. The Morgan fingerprint density at radius 1 is 1.25 bits per heavy atom. The van der Waals surface area contributed by atoms with E-state index in [0.29, 0.717) is 11.6 Å². The van der Waals surface area contributed by atoms with Crippen molar-refractivity contribution in [3.8, 4) is 0 Å². The molecular weight excluding hydrogens is 394 g/mol. The zero-order valence-electron chi connectivity index (χ0n) is 15.7. The van der Waals surface area contributed by atoms with Gasteiger partial charge >= 0.3 is 5.97 Å². The predicted molar refractivity (Wildman–Crippen MR) is 113 cm³/mol. The van der Waals surface area contributed by atoms with Crippen LogP contribution in [-0.4, -0.2) is 26.1 Å². The molecule has 1 aromatic heterocycles. The Kier molecular flexibility index (Phi) is 5.30. The van der Waals surface area contributed by atoms with Crippen LogP contribution in [0.5, 0.6) is 0 Å². The number of rotatable bonds is 5. The van der Waals surface area contributed by atoms with Gasteiger partial charge in [-0.25, -0.2) is 0 Å². The molecule has 0 aliphatic heterocycles. The van der Waals surface area contributed by atoms with Crippen LogP contribution in [0.2, 0.25) is 5.02 Å². The van der Waals surface area contributed by atoms with Crippen molar-refractivity contribution >= 4 is 39.3 Å². The van der Waals surface area contributed by atoms with Gasteiger partial charge in [0.2, 0.25) is 0 Å². The number of benzene rings is 2. The summed E-state index contributed by atoms with van der Waals surface area (Å²) in [5, 5.41) is 11.2. The minimum atomic E-state index is -1.13. The van der Waals surface area contributed by atoms with Gasteiger partial charge in [0.25, 0.3) is 0 Å². The van der Waals surface area contributed by atoms with Gasteiger partial charge in [0.05, 0.1) is 27.6 Å². The fourth-order valence-corrected chi connectivity index (χ4v) is 5.32. The number of carboxylic acid groups (broad SMARTS) is 1. The molecule has 4 rings (SSSR count). The molecule has 1 aliphatic rings. The highest BCUT2D eigenvalue weighted by Gasteiger charge is 2.30. The summed E-state index contributed by atoms with van der Waals surface area (Å²) in [5.41, 5.74) is 4.37. The minimum absolute atomic E-state index is 0.0286. The molecule has 1 N–H and O–H groups in total. The number of carbonyl (C=O) groups is 1. The largest absolute Gasteiger partial charge is 0.481 e. The molecule has 0 spiro atoms. The summed E-state index contributed by atoms with van der Waals surface area (Å²) in [6.45, 7) is 0.604. The van der Waals surface area contributed by atoms with Crippen LogP contribution < -0.4 is 0 Å². The number of fused-ring (bicyclic) bond motifs is 3. The van der Waals surface area contributed by atoms with E-state index in [2.05, 4.69) is 10.6 Å². The van der Waals surface area contributed by atoms with Gasteiger partial charge in [0, 0.05) is 34.8 Å². The Balaban J connectivity index is 1.97. The first-order valence-electron chi connectivity index (χ1n) is 9.39. The summed E-state index contributed by atoms with van der Waals surface area (Å²) in [6.07, 6.45) is 4.58. The van der Waals surface area contributed by atoms with Crippen molar-refractivity contribution in [3.05, 3.63) is 64.3 Å². The molecule has 1 heterocycles. The molecule has 2 aromatic carbocycles. The summed E-state index contributed by atoms with van der Waals surface area (Å²) < 4.78 is 14.7. The molecule has 0 fully saturated rings. The molecule has 4 nitrogen and oxygen atoms in total. The monoisotopic (exact) mass is 415 g/mol. The van der Waals surface area contributed by atoms with Crippen LogP contribution in [0.4, 0.5) is 0 Å². The van der Waals surface area contributed by atoms with E-state index >= 15 is 0 Å². The van der Waals surface area contributed by atoms with E-state index < -0.39 is 16.8 Å². The molecule has 0 saturated carbocycles. The number of hydrogen-bond donors (Lipinski definition) is 1. The van der Waals surface area contributed by atoms with Crippen molar-refractivity contribution in [2.45, 2.75) is 43.0 Å². The smallest absolute Gasteiger partial charge is 0.304 e. The van der Waals surface area contributed by atoms with E-state index in [4.69, 9.17) is 11.6 Å². The van der Waals surface area contributed by atoms with E-state index in [1.54, 1.807) is 6.26 Å². The van der Waals surface area contributed by atoms with Crippen molar-refractivity contribution < 1.29 is 14.1 Å². The van der Waals surface area contributed by atoms with Crippen LogP contribution in [0, 0.1) is 0 Å². The Morgan fingerprint density at radius 3 is 2.68 bits per heavy atom. The maximum Gasteiger partial charge on any atom is 0.304 e. The normalized spacial score (nSPS) is 17.4. The molecule has 3 aromatic rings. The van der Waals surface area contributed by atoms with E-state index in [-0.39, 0.29) is 12.3 Å². The fourth-order valence-electron chi connectivity index (χ4n) is 4.44. The first kappa shape index (κ1) is 19.2. The number of aliphatic carboxylic acids is 1. The number of hydrogen-bond acceptors (Lipinski definition) is 2. The third-order valence-electron chi connectivity index (χ3n) is 5.54. The molecule has 28 heavy (non-hydrogen) atoms. The molecule has 2 atom stereocenters. The second kappa shape index (κ2) is 7.72. The molecule has 6 heteroatoms. The highest BCUT2D eigenvalue weighted by Crippen LogP contribution is 2.42. The van der Waals surface area contributed by atoms with Crippen molar-refractivity contribution in [2.75, 3.05) is 6.26 Å². The SMILES string of the molecule is C[S@@](=O)c1cccc2c3c(n(Cc4ccc(Cl)cc4)c12)[C@H](CC(=O)O)CCC3. The lowest BCUT2D eigenvalue weighted by atomic mass is 9.84. The maximum atomic E-state index is 12.5. The maximum absolute atomic E-state index is 12.5. The predicted octanol–water partition coefficient (Wildman–Crippen LogP) is 4.98. The Hall–Kier alpha value is -2.11. The van der Waals surface area contributed by atoms with Gasteiger partial charge in [0.15, 0.2) is 0 Å². The van der Waals surface area contributed by atoms with Gasteiger partial charge in [-0.05, 0) is 48.6 Å². The Labute approximate surface area is 171 Å². The molecular formula is C22H22ClNO3S. The summed E-state index contributed by atoms with van der Waals surface area (Å²) in [4.78, 5) is 12.3. The second-order valence-corrected chi connectivity index (χ2v) is 9.15. The van der Waals surface area contributed by atoms with Crippen LogP contribution in [0.1, 0.15) is 42.0 Å². The second-order valence-electron chi connectivity index (χ2n) is 7.37. The van der Waals surface area contributed by atoms with Crippen LogP contribution in [0.3, 0.4) is 0 Å². The molecule has 0 saturated heterocycles. The van der Waals surface area contributed by atoms with Gasteiger partial charge < -0.3 is 9.67 Å². The topological polar surface area (TPSA) is 59.3 Å². The first-order valence-corrected chi connectivity index (χ1v) is 11.3. The Morgan fingerprint density at radius 2 is 2.00 bits per heavy atom. The number of aromatic nitrogens is 1. The average molecular weight is 416 g/mol. The minimum Gasteiger partial charge on any atom is -0.481 e. The van der Waals surface area contributed by atoms with Gasteiger partial charge in [-0.1, -0.05) is 35.9 Å². The van der Waals surface area contributed by atoms with Crippen molar-refractivity contribution in [1.29, 1.82) is 0 Å². The van der Waals surface area contributed by atoms with Gasteiger partial charge in [-0.3, -0.25) is 9.00 Å². The quantitative estimate of drug-likeness (QED) is 0.639. The van der Waals surface area contributed by atoms with Gasteiger partial charge in [-0.2, -0.15) is 0 Å². The lowest BCUT2D eigenvalue weighted by Gasteiger charge is -2.25. The zero-order chi connectivity index (χ0) is 19.8. The van der Waals surface area contributed by atoms with Crippen LogP contribution in [0.25, 0.3) is 10.9 Å². The lowest BCUT2D eigenvalue weighted by Crippen LogP contribution is -2.17. The number of carboxylic acids is 1. The van der Waals surface area contributed by atoms with Crippen LogP contribution in [0.15, 0.2) is 47.4 Å². The number of halogens is 1. The summed E-state index contributed by atoms with van der Waals surface area (Å²) in [6, 6.07) is 13.6. The van der Waals surface area contributed by atoms with E-state index in [0.717, 1.165) is 46.3 Å². The van der Waals surface area contributed by atoms with Gasteiger partial charge in [0.1, 0.15) is 0 Å². The third-order valence-corrected chi connectivity index (χ3v) is 6.75. The fraction of sp³-hybridized carbons (Fsp3) is 0.318. The molecule has 0 radical (unpaired) electrons. The lowest BCUT2D eigenvalue weighted by molar-refractivity contribution is -0.137. The van der Waals surface area contributed by atoms with E-state index in [1.807, 2.05) is 36.4 Å². The summed E-state index contributed by atoms with van der Waals surface area (Å²) >= 11 is 6.04. The van der Waals surface area contributed by atoms with Crippen molar-refractivity contribution in [2.24, 2.45) is 0 Å². The molecule has 0 bridgehead atoms. The standard InChI is InChI=1S/C22H22ClNO3S/c1-28(27)19-7-3-6-18-17-5-2-4-15(12-20(25)26)21(17)24(22(18)19)13-14-8-10-16(23)11-9-14/h3,6-11,15H,2,4-5,12-13H2,1H3,(H,25,26)/t15-,28+/m0/s1. The van der Waals surface area contributed by atoms with Crippen molar-refractivity contribution in [1.82, 2.24) is 4.57 Å². The highest BCUT2D eigenvalue weighted by molar-refractivity contribution is 7.84. The van der Waals surface area contributed by atoms with E-state index in [9.17, 15) is 14.1 Å². The van der Waals surface area contributed by atoms with Crippen molar-refractivity contribution in [3.63, 3.8) is 0 Å². The molecule has 0 unspecified atom stereocenters. The summed E-state index contributed by atoms with van der Waals surface area (Å²) in [5.74, 6) is -0.806. The number of nitrogens with zero attached hydrogens (tertiary/aromatic N) is 1. The van der Waals surface area contributed by atoms with Gasteiger partial charge in [-0.15, -0.1) is 0 Å². The third kappa shape index (κ3) is 3.49.